The molecule has 0 unspecified atom stereocenters. The van der Waals surface area contributed by atoms with Crippen molar-refractivity contribution in [3.05, 3.63) is 29.8 Å². The second-order valence-electron chi connectivity index (χ2n) is 6.01. The van der Waals surface area contributed by atoms with E-state index in [2.05, 4.69) is 17.1 Å². The summed E-state index contributed by atoms with van der Waals surface area (Å²) in [5, 5.41) is 2.92. The highest BCUT2D eigenvalue weighted by Crippen LogP contribution is 2.18. The number of hydrogen-bond donors (Lipinski definition) is 1. The highest BCUT2D eigenvalue weighted by molar-refractivity contribution is 7.91. The summed E-state index contributed by atoms with van der Waals surface area (Å²) in [5.41, 5.74) is 0.248. The fraction of sp³-hybridized carbons (Fsp3) is 0.588. The SMILES string of the molecule is CCN1CCC[C@H](CNC(=O)c2ccccc2S(=O)(=O)CC)C1. The largest absolute Gasteiger partial charge is 0.352 e. The molecular formula is C17H26N2O3S. The molecule has 0 aromatic heterocycles. The number of likely N-dealkylation sites (tertiary alicyclic amines) is 1. The molecule has 1 amide bonds. The Bertz CT molecular complexity index is 643. The Morgan fingerprint density at radius 2 is 2.04 bits per heavy atom. The molecule has 0 spiro atoms. The summed E-state index contributed by atoms with van der Waals surface area (Å²) in [6.07, 6.45) is 2.25. The van der Waals surface area contributed by atoms with E-state index in [1.165, 1.54) is 6.07 Å². The molecular weight excluding hydrogens is 312 g/mol. The second kappa shape index (κ2) is 7.93. The third kappa shape index (κ3) is 4.54. The Labute approximate surface area is 139 Å². The van der Waals surface area contributed by atoms with Gasteiger partial charge in [-0.25, -0.2) is 8.42 Å². The van der Waals surface area contributed by atoms with Gasteiger partial charge in [0.15, 0.2) is 9.84 Å². The number of rotatable bonds is 6. The van der Waals surface area contributed by atoms with E-state index < -0.39 is 9.84 Å². The lowest BCUT2D eigenvalue weighted by Gasteiger charge is -2.31. The Balaban J connectivity index is 2.04. The van der Waals surface area contributed by atoms with Gasteiger partial charge < -0.3 is 10.2 Å². The zero-order chi connectivity index (χ0) is 16.9. The lowest BCUT2D eigenvalue weighted by Crippen LogP contribution is -2.40. The molecule has 128 valence electrons. The van der Waals surface area contributed by atoms with Crippen LogP contribution in [0.3, 0.4) is 0 Å². The van der Waals surface area contributed by atoms with Crippen molar-refractivity contribution >= 4 is 15.7 Å². The van der Waals surface area contributed by atoms with Gasteiger partial charge in [0.05, 0.1) is 16.2 Å². The Morgan fingerprint density at radius 1 is 1.30 bits per heavy atom. The molecule has 1 N–H and O–H groups in total. The fourth-order valence-electron chi connectivity index (χ4n) is 3.02. The third-order valence-corrected chi connectivity index (χ3v) is 6.23. The fourth-order valence-corrected chi connectivity index (χ4v) is 4.11. The van der Waals surface area contributed by atoms with Crippen molar-refractivity contribution in [3.8, 4) is 0 Å². The number of carbonyl (C=O) groups is 1. The van der Waals surface area contributed by atoms with E-state index in [-0.39, 0.29) is 22.1 Å². The van der Waals surface area contributed by atoms with Gasteiger partial charge in [-0.1, -0.05) is 26.0 Å². The minimum atomic E-state index is -3.40. The van der Waals surface area contributed by atoms with E-state index in [4.69, 9.17) is 0 Å². The molecule has 1 aromatic rings. The van der Waals surface area contributed by atoms with Gasteiger partial charge in [0, 0.05) is 13.1 Å². The zero-order valence-electron chi connectivity index (χ0n) is 13.9. The standard InChI is InChI=1S/C17H26N2O3S/c1-3-19-11-7-8-14(13-19)12-18-17(20)15-9-5-6-10-16(15)23(21,22)4-2/h5-6,9-10,14H,3-4,7-8,11-13H2,1-2H3,(H,18,20)/t14-/m1/s1. The number of benzene rings is 1. The number of nitrogens with one attached hydrogen (secondary N) is 1. The average molecular weight is 338 g/mol. The van der Waals surface area contributed by atoms with Crippen molar-refractivity contribution in [1.29, 1.82) is 0 Å². The molecule has 1 aliphatic rings. The zero-order valence-corrected chi connectivity index (χ0v) is 14.7. The smallest absolute Gasteiger partial charge is 0.252 e. The molecule has 0 bridgehead atoms. The maximum absolute atomic E-state index is 12.4. The van der Waals surface area contributed by atoms with Gasteiger partial charge in [-0.05, 0) is 44.0 Å². The molecule has 5 nitrogen and oxygen atoms in total. The normalized spacial score (nSPS) is 19.5. The molecule has 6 heteroatoms. The number of nitrogens with zero attached hydrogens (tertiary/aromatic N) is 1. The van der Waals surface area contributed by atoms with E-state index >= 15 is 0 Å². The lowest BCUT2D eigenvalue weighted by atomic mass is 9.98. The summed E-state index contributed by atoms with van der Waals surface area (Å²) in [4.78, 5) is 14.9. The van der Waals surface area contributed by atoms with Gasteiger partial charge in [0.2, 0.25) is 0 Å². The van der Waals surface area contributed by atoms with Crippen LogP contribution in [0.4, 0.5) is 0 Å². The van der Waals surface area contributed by atoms with Gasteiger partial charge in [0.25, 0.3) is 5.91 Å². The summed E-state index contributed by atoms with van der Waals surface area (Å²) in [7, 11) is -3.40. The van der Waals surface area contributed by atoms with Crippen LogP contribution < -0.4 is 5.32 Å². The summed E-state index contributed by atoms with van der Waals surface area (Å²) < 4.78 is 24.3. The average Bonchev–Trinajstić information content (AvgIpc) is 2.59. The molecule has 2 rings (SSSR count). The van der Waals surface area contributed by atoms with Crippen LogP contribution in [0.25, 0.3) is 0 Å². The number of amides is 1. The highest BCUT2D eigenvalue weighted by Gasteiger charge is 2.22. The number of piperidine rings is 1. The quantitative estimate of drug-likeness (QED) is 0.861. The van der Waals surface area contributed by atoms with Gasteiger partial charge in [-0.2, -0.15) is 0 Å². The van der Waals surface area contributed by atoms with Crippen molar-refractivity contribution in [3.63, 3.8) is 0 Å². The van der Waals surface area contributed by atoms with E-state index in [9.17, 15) is 13.2 Å². The highest BCUT2D eigenvalue weighted by atomic mass is 32.2. The summed E-state index contributed by atoms with van der Waals surface area (Å²) >= 11 is 0. The molecule has 1 fully saturated rings. The Morgan fingerprint density at radius 3 is 2.74 bits per heavy atom. The molecule has 1 aromatic carbocycles. The Hall–Kier alpha value is -1.40. The van der Waals surface area contributed by atoms with Crippen molar-refractivity contribution in [1.82, 2.24) is 10.2 Å². The first-order chi connectivity index (χ1) is 11.0. The summed E-state index contributed by atoms with van der Waals surface area (Å²) in [5.74, 6) is 0.125. The van der Waals surface area contributed by atoms with Crippen molar-refractivity contribution in [2.75, 3.05) is 31.9 Å². The van der Waals surface area contributed by atoms with E-state index in [0.717, 1.165) is 32.5 Å². The maximum Gasteiger partial charge on any atom is 0.252 e. The lowest BCUT2D eigenvalue weighted by molar-refractivity contribution is 0.0930. The van der Waals surface area contributed by atoms with Crippen LogP contribution in [-0.4, -0.2) is 51.2 Å². The molecule has 1 aliphatic heterocycles. The predicted octanol–water partition coefficient (Wildman–Crippen LogP) is 1.94. The van der Waals surface area contributed by atoms with Crippen molar-refractivity contribution < 1.29 is 13.2 Å². The van der Waals surface area contributed by atoms with Crippen LogP contribution in [-0.2, 0) is 9.84 Å². The first-order valence-corrected chi connectivity index (χ1v) is 9.95. The minimum absolute atomic E-state index is 0.00855. The first kappa shape index (κ1) is 17.9. The van der Waals surface area contributed by atoms with Crippen LogP contribution in [0.15, 0.2) is 29.2 Å². The molecule has 23 heavy (non-hydrogen) atoms. The summed E-state index contributed by atoms with van der Waals surface area (Å²) in [6.45, 7) is 7.47. The molecule has 0 saturated carbocycles. The maximum atomic E-state index is 12.4. The monoisotopic (exact) mass is 338 g/mol. The van der Waals surface area contributed by atoms with Crippen LogP contribution in [0.5, 0.6) is 0 Å². The predicted molar refractivity (Wildman–Crippen MR) is 91.3 cm³/mol. The second-order valence-corrected chi connectivity index (χ2v) is 8.26. The number of sulfone groups is 1. The van der Waals surface area contributed by atoms with E-state index in [1.807, 2.05) is 0 Å². The van der Waals surface area contributed by atoms with Crippen LogP contribution in [0, 0.1) is 5.92 Å². The Kier molecular flexibility index (Phi) is 6.18. The topological polar surface area (TPSA) is 66.5 Å². The van der Waals surface area contributed by atoms with Gasteiger partial charge in [-0.15, -0.1) is 0 Å². The van der Waals surface area contributed by atoms with Gasteiger partial charge in [-0.3, -0.25) is 4.79 Å². The molecule has 0 aliphatic carbocycles. The van der Waals surface area contributed by atoms with E-state index in [1.54, 1.807) is 25.1 Å². The van der Waals surface area contributed by atoms with Crippen LogP contribution in [0.2, 0.25) is 0 Å². The first-order valence-electron chi connectivity index (χ1n) is 8.30. The number of hydrogen-bond acceptors (Lipinski definition) is 4. The van der Waals surface area contributed by atoms with Gasteiger partial charge >= 0.3 is 0 Å². The number of carbonyl (C=O) groups excluding carboxylic acids is 1. The van der Waals surface area contributed by atoms with E-state index in [0.29, 0.717) is 12.5 Å². The molecule has 1 saturated heterocycles. The molecule has 1 heterocycles. The van der Waals surface area contributed by atoms with Crippen LogP contribution in [0.1, 0.15) is 37.0 Å². The van der Waals surface area contributed by atoms with Crippen molar-refractivity contribution in [2.24, 2.45) is 5.92 Å². The van der Waals surface area contributed by atoms with Gasteiger partial charge in [0.1, 0.15) is 0 Å². The molecule has 0 radical (unpaired) electrons. The minimum Gasteiger partial charge on any atom is -0.352 e. The summed E-state index contributed by atoms with van der Waals surface area (Å²) in [6, 6.07) is 6.44. The third-order valence-electron chi connectivity index (χ3n) is 4.45. The van der Waals surface area contributed by atoms with Crippen LogP contribution >= 0.6 is 0 Å². The molecule has 1 atom stereocenters. The van der Waals surface area contributed by atoms with Crippen molar-refractivity contribution in [2.45, 2.75) is 31.6 Å².